The van der Waals surface area contributed by atoms with Crippen molar-refractivity contribution in [3.05, 3.63) is 99.6 Å². The fraction of sp³-hybridized carbons (Fsp3) is 0.160. The Bertz CT molecular complexity index is 1400. The average Bonchev–Trinajstić information content (AvgIpc) is 3.06. The van der Waals surface area contributed by atoms with Crippen LogP contribution in [0.4, 0.5) is 0 Å². The molecule has 2 aromatic heterocycles. The fourth-order valence-electron chi connectivity index (χ4n) is 3.75. The molecule has 0 amide bonds. The lowest BCUT2D eigenvalue weighted by Gasteiger charge is -2.13. The van der Waals surface area contributed by atoms with Gasteiger partial charge in [0.15, 0.2) is 10.9 Å². The number of thioether (sulfide) groups is 1. The van der Waals surface area contributed by atoms with Crippen molar-refractivity contribution in [2.75, 3.05) is 5.75 Å². The molecule has 7 heteroatoms. The summed E-state index contributed by atoms with van der Waals surface area (Å²) in [5.41, 5.74) is 3.60. The lowest BCUT2D eigenvalue weighted by molar-refractivity contribution is 0.102. The summed E-state index contributed by atoms with van der Waals surface area (Å²) in [5.74, 6) is 0.141. The highest BCUT2D eigenvalue weighted by Gasteiger charge is 2.18. The number of aryl methyl sites for hydroxylation is 1. The second-order valence-electron chi connectivity index (χ2n) is 7.43. The van der Waals surface area contributed by atoms with E-state index in [4.69, 9.17) is 16.6 Å². The first-order valence-corrected chi connectivity index (χ1v) is 11.5. The zero-order chi connectivity index (χ0) is 22.8. The van der Waals surface area contributed by atoms with Gasteiger partial charge < -0.3 is 4.57 Å². The predicted molar refractivity (Wildman–Crippen MR) is 132 cm³/mol. The minimum atomic E-state index is -0.197. The first-order chi connectivity index (χ1) is 15.4. The van der Waals surface area contributed by atoms with Gasteiger partial charge in [-0.2, -0.15) is 0 Å². The van der Waals surface area contributed by atoms with Gasteiger partial charge in [0.25, 0.3) is 5.56 Å². The molecule has 5 nitrogen and oxygen atoms in total. The summed E-state index contributed by atoms with van der Waals surface area (Å²) in [4.78, 5) is 31.1. The van der Waals surface area contributed by atoms with Crippen molar-refractivity contribution in [1.82, 2.24) is 14.1 Å². The smallest absolute Gasteiger partial charge is 0.266 e. The molecular formula is C25H22ClN3O2S. The summed E-state index contributed by atoms with van der Waals surface area (Å²) in [5, 5.41) is 1.48. The largest absolute Gasteiger partial charge is 0.345 e. The Kier molecular flexibility index (Phi) is 6.35. The Morgan fingerprint density at radius 3 is 2.69 bits per heavy atom. The first-order valence-electron chi connectivity index (χ1n) is 10.1. The number of allylic oxidation sites excluding steroid dienone is 1. The van der Waals surface area contributed by atoms with Crippen LogP contribution in [0.3, 0.4) is 0 Å². The molecule has 4 aromatic rings. The standard InChI is InChI=1S/C25H22ClN3O2S/c1-4-12-28-16(2)13-21(17(28)3)23(30)15-32-25-27-22-11-6-5-10-20(22)24(31)29(25)19-9-7-8-18(26)14-19/h4-11,13-14H,1,12,15H2,2-3H3. The Labute approximate surface area is 195 Å². The summed E-state index contributed by atoms with van der Waals surface area (Å²) in [6, 6.07) is 16.2. The molecule has 0 aliphatic rings. The maximum Gasteiger partial charge on any atom is 0.266 e. The third kappa shape index (κ3) is 4.16. The van der Waals surface area contributed by atoms with Crippen molar-refractivity contribution < 1.29 is 4.79 Å². The molecule has 0 saturated carbocycles. The Morgan fingerprint density at radius 1 is 1.16 bits per heavy atom. The molecule has 0 aliphatic heterocycles. The van der Waals surface area contributed by atoms with Gasteiger partial charge in [-0.05, 0) is 50.2 Å². The number of nitrogens with zero attached hydrogens (tertiary/aromatic N) is 3. The van der Waals surface area contributed by atoms with E-state index in [1.54, 1.807) is 36.4 Å². The molecule has 0 N–H and O–H groups in total. The molecule has 0 fully saturated rings. The summed E-state index contributed by atoms with van der Waals surface area (Å²) < 4.78 is 3.58. The van der Waals surface area contributed by atoms with Crippen LogP contribution in [0.1, 0.15) is 21.7 Å². The number of hydrogen-bond acceptors (Lipinski definition) is 4. The van der Waals surface area contributed by atoms with Crippen LogP contribution in [0, 0.1) is 13.8 Å². The van der Waals surface area contributed by atoms with Crippen molar-refractivity contribution in [2.45, 2.75) is 25.5 Å². The van der Waals surface area contributed by atoms with E-state index >= 15 is 0 Å². The molecule has 0 unspecified atom stereocenters. The van der Waals surface area contributed by atoms with Crippen LogP contribution in [-0.4, -0.2) is 25.7 Å². The van der Waals surface area contributed by atoms with E-state index in [1.165, 1.54) is 16.3 Å². The number of fused-ring (bicyclic) bond motifs is 1. The van der Waals surface area contributed by atoms with Crippen LogP contribution >= 0.6 is 23.4 Å². The maximum atomic E-state index is 13.3. The summed E-state index contributed by atoms with van der Waals surface area (Å²) >= 11 is 7.43. The van der Waals surface area contributed by atoms with E-state index in [0.29, 0.717) is 38.9 Å². The predicted octanol–water partition coefficient (Wildman–Crippen LogP) is 5.62. The number of benzene rings is 2. The summed E-state index contributed by atoms with van der Waals surface area (Å²) in [6.07, 6.45) is 1.81. The topological polar surface area (TPSA) is 56.9 Å². The van der Waals surface area contributed by atoms with E-state index in [0.717, 1.165) is 11.4 Å². The molecular weight excluding hydrogens is 442 g/mol. The molecule has 32 heavy (non-hydrogen) atoms. The van der Waals surface area contributed by atoms with Crippen LogP contribution in [0.25, 0.3) is 16.6 Å². The number of ketones is 1. The first kappa shape index (κ1) is 22.1. The molecule has 0 radical (unpaired) electrons. The molecule has 0 aliphatic carbocycles. The van der Waals surface area contributed by atoms with Gasteiger partial charge >= 0.3 is 0 Å². The molecule has 4 rings (SSSR count). The highest BCUT2D eigenvalue weighted by molar-refractivity contribution is 7.99. The molecule has 0 atom stereocenters. The van der Waals surface area contributed by atoms with Crippen molar-refractivity contribution in [1.29, 1.82) is 0 Å². The molecule has 2 heterocycles. The number of carbonyl (C=O) groups is 1. The number of halogens is 1. The second-order valence-corrected chi connectivity index (χ2v) is 8.81. The van der Waals surface area contributed by atoms with Gasteiger partial charge in [0.05, 0.1) is 22.3 Å². The number of rotatable bonds is 7. The molecule has 162 valence electrons. The van der Waals surface area contributed by atoms with Crippen molar-refractivity contribution in [3.63, 3.8) is 0 Å². The van der Waals surface area contributed by atoms with E-state index in [-0.39, 0.29) is 17.1 Å². The Balaban J connectivity index is 1.74. The van der Waals surface area contributed by atoms with Crippen LogP contribution < -0.4 is 5.56 Å². The number of Topliss-reactive ketones (excluding diaryl/α,β-unsaturated/α-hetero) is 1. The van der Waals surface area contributed by atoms with Crippen molar-refractivity contribution in [2.24, 2.45) is 0 Å². The number of carbonyl (C=O) groups excluding carboxylic acids is 1. The third-order valence-electron chi connectivity index (χ3n) is 5.33. The van der Waals surface area contributed by atoms with Crippen LogP contribution in [0.15, 0.2) is 77.2 Å². The molecule has 0 saturated heterocycles. The molecule has 0 bridgehead atoms. The lowest BCUT2D eigenvalue weighted by atomic mass is 10.2. The maximum absolute atomic E-state index is 13.3. The minimum absolute atomic E-state index is 0.0153. The monoisotopic (exact) mass is 463 g/mol. The number of aromatic nitrogens is 3. The Morgan fingerprint density at radius 2 is 1.94 bits per heavy atom. The molecule has 0 spiro atoms. The quantitative estimate of drug-likeness (QED) is 0.154. The third-order valence-corrected chi connectivity index (χ3v) is 6.50. The van der Waals surface area contributed by atoms with Crippen LogP contribution in [-0.2, 0) is 6.54 Å². The van der Waals surface area contributed by atoms with Gasteiger partial charge in [0, 0.05) is 28.5 Å². The zero-order valence-electron chi connectivity index (χ0n) is 17.8. The average molecular weight is 464 g/mol. The van der Waals surface area contributed by atoms with Gasteiger partial charge in [0.2, 0.25) is 0 Å². The number of para-hydroxylation sites is 1. The van der Waals surface area contributed by atoms with Gasteiger partial charge in [-0.3, -0.25) is 14.2 Å². The highest BCUT2D eigenvalue weighted by Crippen LogP contribution is 2.25. The lowest BCUT2D eigenvalue weighted by Crippen LogP contribution is -2.22. The van der Waals surface area contributed by atoms with Crippen LogP contribution in [0.2, 0.25) is 5.02 Å². The van der Waals surface area contributed by atoms with Gasteiger partial charge in [0.1, 0.15) is 0 Å². The second kappa shape index (κ2) is 9.18. The van der Waals surface area contributed by atoms with Gasteiger partial charge in [-0.1, -0.05) is 47.6 Å². The minimum Gasteiger partial charge on any atom is -0.345 e. The molecule has 2 aromatic carbocycles. The highest BCUT2D eigenvalue weighted by atomic mass is 35.5. The number of hydrogen-bond donors (Lipinski definition) is 0. The van der Waals surface area contributed by atoms with E-state index in [1.807, 2.05) is 38.1 Å². The SMILES string of the molecule is C=CCn1c(C)cc(C(=O)CSc2nc3ccccc3c(=O)n2-c2cccc(Cl)c2)c1C. The normalized spacial score (nSPS) is 11.1. The fourth-order valence-corrected chi connectivity index (χ4v) is 4.83. The summed E-state index contributed by atoms with van der Waals surface area (Å²) in [6.45, 7) is 8.35. The Hall–Kier alpha value is -3.09. The van der Waals surface area contributed by atoms with Gasteiger partial charge in [-0.25, -0.2) is 4.98 Å². The van der Waals surface area contributed by atoms with Crippen LogP contribution in [0.5, 0.6) is 0 Å². The summed E-state index contributed by atoms with van der Waals surface area (Å²) in [7, 11) is 0. The van der Waals surface area contributed by atoms with Gasteiger partial charge in [-0.15, -0.1) is 6.58 Å². The van der Waals surface area contributed by atoms with E-state index in [9.17, 15) is 9.59 Å². The van der Waals surface area contributed by atoms with E-state index < -0.39 is 0 Å². The van der Waals surface area contributed by atoms with Crippen molar-refractivity contribution in [3.8, 4) is 5.69 Å². The van der Waals surface area contributed by atoms with Crippen molar-refractivity contribution >= 4 is 40.0 Å². The van der Waals surface area contributed by atoms with E-state index in [2.05, 4.69) is 11.1 Å². The zero-order valence-corrected chi connectivity index (χ0v) is 19.4.